The third-order valence-corrected chi connectivity index (χ3v) is 6.59. The molecule has 0 spiro atoms. The molecule has 118 valence electrons. The van der Waals surface area contributed by atoms with Crippen LogP contribution in [0, 0.1) is 23.2 Å². The van der Waals surface area contributed by atoms with Crippen LogP contribution in [-0.2, 0) is 0 Å². The summed E-state index contributed by atoms with van der Waals surface area (Å²) >= 11 is 0. The highest BCUT2D eigenvalue weighted by molar-refractivity contribution is 5.13. The average molecular weight is 289 g/mol. The van der Waals surface area contributed by atoms with Gasteiger partial charge in [-0.05, 0) is 76.9 Å². The molecule has 4 atom stereocenters. The zero-order valence-electron chi connectivity index (χ0n) is 13.6. The standard InChI is InChI=1S/C18H31N3/c1-20-18(14-19)11-4-8-16(18)10-13-21-12-5-7-15-6-2-3-9-17(15)21/h15-17,20H,2-13H2,1H3/t15-,16?,17-,18?/m1/s1. The number of rotatable bonds is 4. The van der Waals surface area contributed by atoms with Crippen LogP contribution < -0.4 is 5.32 Å². The molecular formula is C18H31N3. The van der Waals surface area contributed by atoms with Crippen LogP contribution >= 0.6 is 0 Å². The summed E-state index contributed by atoms with van der Waals surface area (Å²) in [5.74, 6) is 1.53. The Hall–Kier alpha value is -0.590. The highest BCUT2D eigenvalue weighted by atomic mass is 15.2. The lowest BCUT2D eigenvalue weighted by Crippen LogP contribution is -2.49. The maximum atomic E-state index is 9.59. The Kier molecular flexibility index (Phi) is 4.86. The Bertz CT molecular complexity index is 386. The van der Waals surface area contributed by atoms with Crippen molar-refractivity contribution < 1.29 is 0 Å². The van der Waals surface area contributed by atoms with Gasteiger partial charge >= 0.3 is 0 Å². The molecule has 3 nitrogen and oxygen atoms in total. The Morgan fingerprint density at radius 2 is 1.95 bits per heavy atom. The van der Waals surface area contributed by atoms with Gasteiger partial charge in [-0.2, -0.15) is 5.26 Å². The second kappa shape index (κ2) is 6.67. The quantitative estimate of drug-likeness (QED) is 0.863. The molecule has 2 unspecified atom stereocenters. The highest BCUT2D eigenvalue weighted by Crippen LogP contribution is 2.39. The molecule has 0 radical (unpaired) electrons. The van der Waals surface area contributed by atoms with Crippen LogP contribution in [-0.4, -0.2) is 36.6 Å². The van der Waals surface area contributed by atoms with Gasteiger partial charge in [-0.25, -0.2) is 0 Å². The third-order valence-electron chi connectivity index (χ3n) is 6.59. The second-order valence-electron chi connectivity index (χ2n) is 7.50. The van der Waals surface area contributed by atoms with Crippen LogP contribution in [0.15, 0.2) is 0 Å². The lowest BCUT2D eigenvalue weighted by atomic mass is 9.78. The Labute approximate surface area is 130 Å². The molecule has 0 aromatic rings. The first-order valence-corrected chi connectivity index (χ1v) is 9.13. The first-order valence-electron chi connectivity index (χ1n) is 9.13. The Morgan fingerprint density at radius 1 is 1.14 bits per heavy atom. The predicted molar refractivity (Wildman–Crippen MR) is 85.9 cm³/mol. The molecule has 1 aliphatic heterocycles. The zero-order valence-corrected chi connectivity index (χ0v) is 13.6. The fourth-order valence-electron chi connectivity index (χ4n) is 5.33. The fraction of sp³-hybridized carbons (Fsp3) is 0.944. The van der Waals surface area contributed by atoms with Crippen molar-refractivity contribution in [3.63, 3.8) is 0 Å². The first kappa shape index (κ1) is 15.3. The van der Waals surface area contributed by atoms with Gasteiger partial charge in [0.15, 0.2) is 0 Å². The number of nitriles is 1. The van der Waals surface area contributed by atoms with E-state index in [-0.39, 0.29) is 5.54 Å². The Morgan fingerprint density at radius 3 is 2.76 bits per heavy atom. The summed E-state index contributed by atoms with van der Waals surface area (Å²) in [6.07, 6.45) is 13.3. The lowest BCUT2D eigenvalue weighted by Gasteiger charge is -2.45. The smallest absolute Gasteiger partial charge is 0.109 e. The van der Waals surface area contributed by atoms with E-state index in [1.807, 2.05) is 7.05 Å². The third kappa shape index (κ3) is 2.98. The minimum Gasteiger partial charge on any atom is -0.302 e. The number of nitrogens with one attached hydrogen (secondary N) is 1. The maximum absolute atomic E-state index is 9.59. The van der Waals surface area contributed by atoms with Crippen molar-refractivity contribution in [2.45, 2.75) is 75.8 Å². The van der Waals surface area contributed by atoms with Crippen LogP contribution in [0.3, 0.4) is 0 Å². The molecule has 0 aromatic carbocycles. The average Bonchev–Trinajstić information content (AvgIpc) is 2.96. The molecular weight excluding hydrogens is 258 g/mol. The van der Waals surface area contributed by atoms with Crippen molar-refractivity contribution in [1.29, 1.82) is 5.26 Å². The zero-order chi connectivity index (χ0) is 14.7. The van der Waals surface area contributed by atoms with Crippen molar-refractivity contribution >= 4 is 0 Å². The SMILES string of the molecule is CNC1(C#N)CCCC1CCN1CCC[C@H]2CCCC[C@H]21. The summed E-state index contributed by atoms with van der Waals surface area (Å²) in [5.41, 5.74) is -0.234. The van der Waals surface area contributed by atoms with E-state index in [9.17, 15) is 5.26 Å². The summed E-state index contributed by atoms with van der Waals surface area (Å²) in [7, 11) is 1.97. The molecule has 3 fully saturated rings. The van der Waals surface area contributed by atoms with Gasteiger partial charge in [0.25, 0.3) is 0 Å². The maximum Gasteiger partial charge on any atom is 0.109 e. The fourth-order valence-corrected chi connectivity index (χ4v) is 5.33. The number of likely N-dealkylation sites (tertiary alicyclic amines) is 1. The van der Waals surface area contributed by atoms with Gasteiger partial charge in [0.05, 0.1) is 6.07 Å². The van der Waals surface area contributed by atoms with Crippen molar-refractivity contribution in [3.05, 3.63) is 0 Å². The molecule has 1 heterocycles. The van der Waals surface area contributed by atoms with E-state index in [0.29, 0.717) is 5.92 Å². The Balaban J connectivity index is 1.58. The van der Waals surface area contributed by atoms with Crippen LogP contribution in [0.2, 0.25) is 0 Å². The van der Waals surface area contributed by atoms with E-state index in [4.69, 9.17) is 0 Å². The molecule has 3 heteroatoms. The first-order chi connectivity index (χ1) is 10.3. The summed E-state index contributed by atoms with van der Waals surface area (Å²) in [6, 6.07) is 3.45. The molecule has 1 N–H and O–H groups in total. The van der Waals surface area contributed by atoms with Gasteiger partial charge in [-0.3, -0.25) is 0 Å². The molecule has 1 saturated heterocycles. The second-order valence-corrected chi connectivity index (χ2v) is 7.50. The monoisotopic (exact) mass is 289 g/mol. The molecule has 3 aliphatic rings. The topological polar surface area (TPSA) is 39.1 Å². The van der Waals surface area contributed by atoms with Crippen LogP contribution in [0.4, 0.5) is 0 Å². The van der Waals surface area contributed by atoms with E-state index >= 15 is 0 Å². The summed E-state index contributed by atoms with van der Waals surface area (Å²) in [5, 5.41) is 12.9. The minimum atomic E-state index is -0.234. The van der Waals surface area contributed by atoms with Crippen molar-refractivity contribution in [2.75, 3.05) is 20.1 Å². The number of fused-ring (bicyclic) bond motifs is 1. The summed E-state index contributed by atoms with van der Waals surface area (Å²) in [6.45, 7) is 2.52. The van der Waals surface area contributed by atoms with E-state index < -0.39 is 0 Å². The number of hydrogen-bond acceptors (Lipinski definition) is 3. The highest BCUT2D eigenvalue weighted by Gasteiger charge is 2.42. The molecule has 3 rings (SSSR count). The number of piperidine rings is 1. The van der Waals surface area contributed by atoms with Crippen molar-refractivity contribution in [2.24, 2.45) is 11.8 Å². The van der Waals surface area contributed by atoms with Gasteiger partial charge in [0.2, 0.25) is 0 Å². The molecule has 0 aromatic heterocycles. The van der Waals surface area contributed by atoms with Crippen LogP contribution in [0.5, 0.6) is 0 Å². The lowest BCUT2D eigenvalue weighted by molar-refractivity contribution is 0.0542. The van der Waals surface area contributed by atoms with Gasteiger partial charge in [-0.15, -0.1) is 0 Å². The van der Waals surface area contributed by atoms with Gasteiger partial charge in [-0.1, -0.05) is 19.3 Å². The van der Waals surface area contributed by atoms with E-state index in [0.717, 1.165) is 18.4 Å². The van der Waals surface area contributed by atoms with Crippen molar-refractivity contribution in [1.82, 2.24) is 10.2 Å². The predicted octanol–water partition coefficient (Wildman–Crippen LogP) is 3.31. The largest absolute Gasteiger partial charge is 0.302 e. The minimum absolute atomic E-state index is 0.234. The van der Waals surface area contributed by atoms with Gasteiger partial charge < -0.3 is 10.2 Å². The van der Waals surface area contributed by atoms with Crippen LogP contribution in [0.1, 0.15) is 64.2 Å². The molecule has 2 saturated carbocycles. The van der Waals surface area contributed by atoms with Crippen molar-refractivity contribution in [3.8, 4) is 6.07 Å². The summed E-state index contributed by atoms with van der Waals surface area (Å²) < 4.78 is 0. The van der Waals surface area contributed by atoms with E-state index in [1.54, 1.807) is 0 Å². The summed E-state index contributed by atoms with van der Waals surface area (Å²) in [4.78, 5) is 2.78. The molecule has 0 bridgehead atoms. The number of nitrogens with zero attached hydrogens (tertiary/aromatic N) is 2. The van der Waals surface area contributed by atoms with Crippen LogP contribution in [0.25, 0.3) is 0 Å². The van der Waals surface area contributed by atoms with E-state index in [1.165, 1.54) is 70.9 Å². The molecule has 0 amide bonds. The molecule has 2 aliphatic carbocycles. The van der Waals surface area contributed by atoms with Gasteiger partial charge in [0, 0.05) is 6.04 Å². The van der Waals surface area contributed by atoms with Gasteiger partial charge in [0.1, 0.15) is 5.54 Å². The molecule has 21 heavy (non-hydrogen) atoms. The van der Waals surface area contributed by atoms with E-state index in [2.05, 4.69) is 16.3 Å². The normalized spacial score (nSPS) is 40.7. The number of hydrogen-bond donors (Lipinski definition) is 1.